The Balaban J connectivity index is 1.73. The molecule has 1 amide bonds. The maximum absolute atomic E-state index is 11.6. The predicted octanol–water partition coefficient (Wildman–Crippen LogP) is 2.49. The summed E-state index contributed by atoms with van der Waals surface area (Å²) in [7, 11) is 0. The Hall–Kier alpha value is -1.37. The van der Waals surface area contributed by atoms with Gasteiger partial charge in [-0.15, -0.1) is 0 Å². The summed E-state index contributed by atoms with van der Waals surface area (Å²) in [6, 6.07) is 2.89. The minimum Gasteiger partial charge on any atom is -0.455 e. The van der Waals surface area contributed by atoms with Crippen molar-refractivity contribution < 1.29 is 14.3 Å². The van der Waals surface area contributed by atoms with Crippen LogP contribution in [0.25, 0.3) is 0 Å². The van der Waals surface area contributed by atoms with Crippen LogP contribution in [0.3, 0.4) is 0 Å². The van der Waals surface area contributed by atoms with E-state index in [1.165, 1.54) is 25.7 Å². The molecule has 1 atom stereocenters. The van der Waals surface area contributed by atoms with E-state index in [2.05, 4.69) is 30.6 Å². The van der Waals surface area contributed by atoms with Gasteiger partial charge in [0.15, 0.2) is 5.76 Å². The Labute approximate surface area is 162 Å². The summed E-state index contributed by atoms with van der Waals surface area (Å²) in [6.07, 6.45) is 6.06. The Morgan fingerprint density at radius 3 is 2.59 bits per heavy atom. The molecule has 2 heterocycles. The molecule has 0 spiro atoms. The van der Waals surface area contributed by atoms with Crippen molar-refractivity contribution in [3.05, 3.63) is 23.2 Å². The second kappa shape index (κ2) is 8.33. The average Bonchev–Trinajstić information content (AvgIpc) is 3.24. The molecule has 1 aromatic heterocycles. The van der Waals surface area contributed by atoms with Crippen LogP contribution in [0.15, 0.2) is 10.5 Å². The zero-order valence-corrected chi connectivity index (χ0v) is 17.0. The van der Waals surface area contributed by atoms with Gasteiger partial charge in [-0.1, -0.05) is 33.6 Å². The Bertz CT molecular complexity index is 644. The molecule has 0 radical (unpaired) electrons. The molecular weight excluding hydrogens is 342 g/mol. The van der Waals surface area contributed by atoms with Crippen molar-refractivity contribution in [2.75, 3.05) is 26.2 Å². The topological polar surface area (TPSA) is 82.9 Å². The van der Waals surface area contributed by atoms with Crippen molar-refractivity contribution in [3.63, 3.8) is 0 Å². The monoisotopic (exact) mass is 377 g/mol. The van der Waals surface area contributed by atoms with Gasteiger partial charge >= 0.3 is 0 Å². The first-order valence-electron chi connectivity index (χ1n) is 10.3. The number of aliphatic hydroxyl groups is 1. The number of nitrogens with zero attached hydrogens (tertiary/aromatic N) is 2. The molecule has 6 heteroatoms. The smallest absolute Gasteiger partial charge is 0.284 e. The molecule has 1 aromatic rings. The van der Waals surface area contributed by atoms with E-state index in [-0.39, 0.29) is 17.8 Å². The van der Waals surface area contributed by atoms with E-state index in [9.17, 15) is 9.90 Å². The van der Waals surface area contributed by atoms with Crippen LogP contribution in [-0.2, 0) is 12.0 Å². The second-order valence-electron chi connectivity index (χ2n) is 9.16. The summed E-state index contributed by atoms with van der Waals surface area (Å²) in [5.74, 6) is 0.565. The lowest BCUT2D eigenvalue weighted by molar-refractivity contribution is 0.0264. The van der Waals surface area contributed by atoms with E-state index in [4.69, 9.17) is 10.2 Å². The van der Waals surface area contributed by atoms with Crippen LogP contribution in [-0.4, -0.2) is 59.1 Å². The third-order valence-electron chi connectivity index (χ3n) is 6.00. The lowest BCUT2D eigenvalue weighted by Gasteiger charge is -2.44. The first-order valence-corrected chi connectivity index (χ1v) is 10.3. The van der Waals surface area contributed by atoms with Gasteiger partial charge in [0.25, 0.3) is 5.91 Å². The number of amides is 1. The number of rotatable bonds is 6. The molecule has 3 rings (SSSR count). The number of carbonyl (C=O) groups excluding carboxylic acids is 1. The van der Waals surface area contributed by atoms with Crippen molar-refractivity contribution in [1.29, 1.82) is 0 Å². The summed E-state index contributed by atoms with van der Waals surface area (Å²) in [5.41, 5.74) is 6.31. The molecule has 1 unspecified atom stereocenters. The highest BCUT2D eigenvalue weighted by molar-refractivity contribution is 5.90. The SMILES string of the molecule is CC(C)(C)c1oc(C(N)=O)cc1CN1CCN(C2CCCC2)C(CCO)C1. The van der Waals surface area contributed by atoms with Crippen molar-refractivity contribution in [1.82, 2.24) is 9.80 Å². The normalized spacial score (nSPS) is 23.2. The lowest BCUT2D eigenvalue weighted by atomic mass is 9.90. The van der Waals surface area contributed by atoms with Crippen LogP contribution in [0.5, 0.6) is 0 Å². The molecule has 2 fully saturated rings. The van der Waals surface area contributed by atoms with Crippen LogP contribution in [0.1, 0.15) is 74.8 Å². The van der Waals surface area contributed by atoms with Crippen LogP contribution in [0.2, 0.25) is 0 Å². The van der Waals surface area contributed by atoms with E-state index in [0.29, 0.717) is 12.1 Å². The van der Waals surface area contributed by atoms with Gasteiger partial charge in [0.2, 0.25) is 0 Å². The van der Waals surface area contributed by atoms with Gasteiger partial charge < -0.3 is 15.3 Å². The number of nitrogens with two attached hydrogens (primary N) is 1. The van der Waals surface area contributed by atoms with Gasteiger partial charge in [0.05, 0.1) is 0 Å². The van der Waals surface area contributed by atoms with Gasteiger partial charge in [-0.3, -0.25) is 14.6 Å². The van der Waals surface area contributed by atoms with Crippen LogP contribution in [0, 0.1) is 0 Å². The van der Waals surface area contributed by atoms with Gasteiger partial charge in [-0.2, -0.15) is 0 Å². The molecule has 6 nitrogen and oxygen atoms in total. The van der Waals surface area contributed by atoms with Gasteiger partial charge in [0, 0.05) is 55.8 Å². The Morgan fingerprint density at radius 1 is 1.30 bits per heavy atom. The fourth-order valence-electron chi connectivity index (χ4n) is 4.74. The fraction of sp³-hybridized carbons (Fsp3) is 0.762. The highest BCUT2D eigenvalue weighted by Crippen LogP contribution is 2.32. The van der Waals surface area contributed by atoms with E-state index < -0.39 is 5.91 Å². The molecule has 0 aromatic carbocycles. The summed E-state index contributed by atoms with van der Waals surface area (Å²) < 4.78 is 5.81. The zero-order chi connectivity index (χ0) is 19.6. The average molecular weight is 378 g/mol. The van der Waals surface area contributed by atoms with Crippen LogP contribution < -0.4 is 5.73 Å². The molecule has 1 aliphatic carbocycles. The molecule has 27 heavy (non-hydrogen) atoms. The minimum atomic E-state index is -0.518. The van der Waals surface area contributed by atoms with Crippen molar-refractivity contribution in [3.8, 4) is 0 Å². The summed E-state index contributed by atoms with van der Waals surface area (Å²) >= 11 is 0. The first kappa shape index (κ1) is 20.4. The number of hydrogen-bond acceptors (Lipinski definition) is 5. The highest BCUT2D eigenvalue weighted by atomic mass is 16.4. The Kier molecular flexibility index (Phi) is 6.28. The quantitative estimate of drug-likeness (QED) is 0.796. The molecule has 2 aliphatic rings. The summed E-state index contributed by atoms with van der Waals surface area (Å²) in [5, 5.41) is 9.56. The molecule has 1 saturated carbocycles. The van der Waals surface area contributed by atoms with E-state index in [0.717, 1.165) is 43.9 Å². The fourth-order valence-corrected chi connectivity index (χ4v) is 4.74. The standard InChI is InChI=1S/C21H35N3O3/c1-21(2,3)19-15(12-18(27-19)20(22)26)13-23-9-10-24(16-6-4-5-7-16)17(14-23)8-11-25/h12,16-17,25H,4-11,13-14H2,1-3H3,(H2,22,26). The molecule has 152 valence electrons. The van der Waals surface area contributed by atoms with Crippen LogP contribution in [0.4, 0.5) is 0 Å². The van der Waals surface area contributed by atoms with Gasteiger partial charge in [-0.25, -0.2) is 0 Å². The van der Waals surface area contributed by atoms with E-state index in [1.54, 1.807) is 0 Å². The van der Waals surface area contributed by atoms with Crippen molar-refractivity contribution >= 4 is 5.91 Å². The second-order valence-corrected chi connectivity index (χ2v) is 9.16. The summed E-state index contributed by atoms with van der Waals surface area (Å²) in [4.78, 5) is 16.7. The largest absolute Gasteiger partial charge is 0.455 e. The number of carbonyl (C=O) groups is 1. The number of piperazine rings is 1. The van der Waals surface area contributed by atoms with Crippen LogP contribution >= 0.6 is 0 Å². The highest BCUT2D eigenvalue weighted by Gasteiger charge is 2.34. The third-order valence-corrected chi connectivity index (χ3v) is 6.00. The number of furan rings is 1. The van der Waals surface area contributed by atoms with Gasteiger partial charge in [0.1, 0.15) is 5.76 Å². The number of primary amides is 1. The van der Waals surface area contributed by atoms with E-state index in [1.807, 2.05) is 6.07 Å². The Morgan fingerprint density at radius 2 is 2.00 bits per heavy atom. The lowest BCUT2D eigenvalue weighted by Crippen LogP contribution is -2.56. The van der Waals surface area contributed by atoms with Gasteiger partial charge in [-0.05, 0) is 25.3 Å². The van der Waals surface area contributed by atoms with Crippen molar-refractivity contribution in [2.45, 2.75) is 76.9 Å². The minimum absolute atomic E-state index is 0.181. The molecule has 1 saturated heterocycles. The number of hydrogen-bond donors (Lipinski definition) is 2. The zero-order valence-electron chi connectivity index (χ0n) is 17.0. The molecular formula is C21H35N3O3. The van der Waals surface area contributed by atoms with E-state index >= 15 is 0 Å². The first-order chi connectivity index (χ1) is 12.8. The third kappa shape index (κ3) is 4.73. The molecule has 3 N–H and O–H groups in total. The summed E-state index contributed by atoms with van der Waals surface area (Å²) in [6.45, 7) is 10.2. The maximum Gasteiger partial charge on any atom is 0.284 e. The molecule has 1 aliphatic heterocycles. The predicted molar refractivity (Wildman–Crippen MR) is 106 cm³/mol. The maximum atomic E-state index is 11.6. The molecule has 0 bridgehead atoms. The van der Waals surface area contributed by atoms with Crippen molar-refractivity contribution in [2.24, 2.45) is 5.73 Å². The number of aliphatic hydroxyl groups excluding tert-OH is 1.